The number of ketones is 1. The molecule has 2 aromatic heterocycles. The molecular weight excluding hydrogens is 282 g/mol. The average molecular weight is 294 g/mol. The second kappa shape index (κ2) is 8.47. The maximum Gasteiger partial charge on any atom is 0.379 e. The molecule has 0 atom stereocenters. The third kappa shape index (κ3) is 5.43. The van der Waals surface area contributed by atoms with Gasteiger partial charge >= 0.3 is 5.97 Å². The summed E-state index contributed by atoms with van der Waals surface area (Å²) in [7, 11) is 0. The van der Waals surface area contributed by atoms with E-state index in [9.17, 15) is 18.4 Å². The Morgan fingerprint density at radius 1 is 1.10 bits per heavy atom. The number of hydrogen-bond donors (Lipinski definition) is 0. The molecule has 0 saturated heterocycles. The molecule has 5 nitrogen and oxygen atoms in total. The van der Waals surface area contributed by atoms with Gasteiger partial charge in [0.05, 0.1) is 12.2 Å². The molecule has 0 bridgehead atoms. The van der Waals surface area contributed by atoms with Crippen molar-refractivity contribution in [1.29, 1.82) is 0 Å². The Morgan fingerprint density at radius 3 is 2.29 bits per heavy atom. The molecule has 0 saturated carbocycles. The Bertz CT molecular complexity index is 606. The van der Waals surface area contributed by atoms with Crippen LogP contribution in [0.3, 0.4) is 0 Å². The van der Waals surface area contributed by atoms with Crippen LogP contribution >= 0.6 is 0 Å². The Kier molecular flexibility index (Phi) is 6.59. The van der Waals surface area contributed by atoms with Crippen molar-refractivity contribution in [3.63, 3.8) is 0 Å². The Hall–Kier alpha value is -2.70. The molecule has 2 aromatic rings. The van der Waals surface area contributed by atoms with Crippen LogP contribution in [0, 0.1) is 11.9 Å². The minimum atomic E-state index is -1.07. The van der Waals surface area contributed by atoms with E-state index in [1.807, 2.05) is 0 Å². The molecule has 0 amide bonds. The first kappa shape index (κ1) is 16.4. The highest BCUT2D eigenvalue weighted by atomic mass is 19.1. The van der Waals surface area contributed by atoms with Crippen LogP contribution < -0.4 is 0 Å². The summed E-state index contributed by atoms with van der Waals surface area (Å²) in [6.07, 6.45) is 2.60. The van der Waals surface area contributed by atoms with Gasteiger partial charge in [0, 0.05) is 12.4 Å². The van der Waals surface area contributed by atoms with E-state index in [-0.39, 0.29) is 12.2 Å². The van der Waals surface area contributed by atoms with Gasteiger partial charge in [0.25, 0.3) is 5.78 Å². The van der Waals surface area contributed by atoms with Crippen LogP contribution in [0.1, 0.15) is 17.3 Å². The monoisotopic (exact) mass is 294 g/mol. The van der Waals surface area contributed by atoms with Crippen molar-refractivity contribution in [2.75, 3.05) is 6.61 Å². The van der Waals surface area contributed by atoms with Gasteiger partial charge in [-0.2, -0.15) is 8.78 Å². The summed E-state index contributed by atoms with van der Waals surface area (Å²) in [6, 6.07) is 7.13. The number of carbonyl (C=O) groups excluding carboxylic acids is 2. The van der Waals surface area contributed by atoms with Gasteiger partial charge in [-0.1, -0.05) is 6.07 Å². The van der Waals surface area contributed by atoms with Crippen LogP contribution in [0.5, 0.6) is 0 Å². The molecule has 0 fully saturated rings. The lowest BCUT2D eigenvalue weighted by Gasteiger charge is -2.00. The predicted octanol–water partition coefficient (Wildman–Crippen LogP) is 2.19. The number of ether oxygens (including phenoxy) is 1. The Balaban J connectivity index is 0.000000262. The molecule has 7 heteroatoms. The lowest BCUT2D eigenvalue weighted by molar-refractivity contribution is -0.137. The lowest BCUT2D eigenvalue weighted by atomic mass is 10.2. The van der Waals surface area contributed by atoms with Gasteiger partial charge in [-0.05, 0) is 31.2 Å². The molecule has 0 aromatic carbocycles. The van der Waals surface area contributed by atoms with Crippen LogP contribution in [0.15, 0.2) is 42.7 Å². The van der Waals surface area contributed by atoms with Gasteiger partial charge in [0.1, 0.15) is 0 Å². The van der Waals surface area contributed by atoms with E-state index < -0.39 is 23.6 Å². The molecule has 0 aliphatic rings. The highest BCUT2D eigenvalue weighted by Crippen LogP contribution is 2.05. The maximum atomic E-state index is 12.9. The second-order valence-corrected chi connectivity index (χ2v) is 3.54. The number of nitrogens with zero attached hydrogens (tertiary/aromatic N) is 2. The molecule has 0 aliphatic heterocycles. The Morgan fingerprint density at radius 2 is 1.81 bits per heavy atom. The predicted molar refractivity (Wildman–Crippen MR) is 69.4 cm³/mol. The fourth-order valence-corrected chi connectivity index (χ4v) is 1.20. The number of pyridine rings is 2. The van der Waals surface area contributed by atoms with Gasteiger partial charge in [-0.15, -0.1) is 0 Å². The number of rotatable bonds is 3. The first-order chi connectivity index (χ1) is 10.1. The number of hydrogen-bond acceptors (Lipinski definition) is 5. The zero-order valence-corrected chi connectivity index (χ0v) is 11.1. The van der Waals surface area contributed by atoms with Crippen LogP contribution in [0.2, 0.25) is 0 Å². The summed E-state index contributed by atoms with van der Waals surface area (Å²) in [6.45, 7) is 1.64. The molecule has 0 N–H and O–H groups in total. The number of halogens is 2. The average Bonchev–Trinajstić information content (AvgIpc) is 2.49. The fraction of sp³-hybridized carbons (Fsp3) is 0.143. The Labute approximate surface area is 119 Å². The third-order valence-corrected chi connectivity index (χ3v) is 2.09. The summed E-state index contributed by atoms with van der Waals surface area (Å²) in [5.74, 6) is -3.48. The van der Waals surface area contributed by atoms with E-state index in [0.29, 0.717) is 0 Å². The van der Waals surface area contributed by atoms with E-state index in [2.05, 4.69) is 14.7 Å². The highest BCUT2D eigenvalue weighted by Gasteiger charge is 2.21. The number of aromatic nitrogens is 2. The van der Waals surface area contributed by atoms with E-state index in [1.54, 1.807) is 19.1 Å². The van der Waals surface area contributed by atoms with Crippen LogP contribution in [0.4, 0.5) is 8.78 Å². The van der Waals surface area contributed by atoms with Crippen molar-refractivity contribution in [2.45, 2.75) is 6.92 Å². The maximum absolute atomic E-state index is 12.9. The minimum Gasteiger partial charge on any atom is -0.460 e. The second-order valence-electron chi connectivity index (χ2n) is 3.54. The standard InChI is InChI=1S/C9H8FNO3.C5H4FN/c1-2-14-9(13)7(12)6-4-3-5-11-8(6)10;6-5-3-1-2-4-7-5/h3-5H,2H2,1H3;1-4H. The van der Waals surface area contributed by atoms with Gasteiger partial charge < -0.3 is 4.74 Å². The molecule has 0 aliphatic carbocycles. The summed E-state index contributed by atoms with van der Waals surface area (Å²) in [5, 5.41) is 0. The van der Waals surface area contributed by atoms with Crippen molar-refractivity contribution in [2.24, 2.45) is 0 Å². The topological polar surface area (TPSA) is 69.2 Å². The zero-order chi connectivity index (χ0) is 15.7. The molecule has 0 radical (unpaired) electrons. The van der Waals surface area contributed by atoms with Crippen molar-refractivity contribution in [3.8, 4) is 0 Å². The third-order valence-electron chi connectivity index (χ3n) is 2.09. The molecule has 2 rings (SSSR count). The quantitative estimate of drug-likeness (QED) is 0.375. The first-order valence-corrected chi connectivity index (χ1v) is 5.94. The number of Topliss-reactive ketones (excluding diaryl/α,β-unsaturated/α-hetero) is 1. The van der Waals surface area contributed by atoms with Crippen molar-refractivity contribution in [3.05, 3.63) is 60.2 Å². The summed E-state index contributed by atoms with van der Waals surface area (Å²) in [5.41, 5.74) is -0.369. The fourth-order valence-electron chi connectivity index (χ4n) is 1.20. The van der Waals surface area contributed by atoms with Gasteiger partial charge in [-0.25, -0.2) is 14.8 Å². The molecule has 21 heavy (non-hydrogen) atoms. The van der Waals surface area contributed by atoms with E-state index in [4.69, 9.17) is 0 Å². The van der Waals surface area contributed by atoms with Crippen molar-refractivity contribution < 1.29 is 23.1 Å². The van der Waals surface area contributed by atoms with Crippen LogP contribution in [-0.4, -0.2) is 28.3 Å². The summed E-state index contributed by atoms with van der Waals surface area (Å²) < 4.78 is 29.1. The van der Waals surface area contributed by atoms with Crippen LogP contribution in [0.25, 0.3) is 0 Å². The van der Waals surface area contributed by atoms with Gasteiger partial charge in [0.2, 0.25) is 11.9 Å². The summed E-state index contributed by atoms with van der Waals surface area (Å²) >= 11 is 0. The molecule has 2 heterocycles. The SMILES string of the molecule is CCOC(=O)C(=O)c1cccnc1F.Fc1ccccn1. The molecule has 0 unspecified atom stereocenters. The lowest BCUT2D eigenvalue weighted by Crippen LogP contribution is -2.19. The minimum absolute atomic E-state index is 0.0758. The number of carbonyl (C=O) groups is 2. The highest BCUT2D eigenvalue weighted by molar-refractivity contribution is 6.40. The van der Waals surface area contributed by atoms with E-state index in [1.165, 1.54) is 30.6 Å². The van der Waals surface area contributed by atoms with Gasteiger partial charge in [-0.3, -0.25) is 4.79 Å². The largest absolute Gasteiger partial charge is 0.460 e. The van der Waals surface area contributed by atoms with Gasteiger partial charge in [0.15, 0.2) is 0 Å². The summed E-state index contributed by atoms with van der Waals surface area (Å²) in [4.78, 5) is 28.7. The zero-order valence-electron chi connectivity index (χ0n) is 11.1. The van der Waals surface area contributed by atoms with E-state index in [0.717, 1.165) is 0 Å². The normalized spacial score (nSPS) is 9.29. The van der Waals surface area contributed by atoms with Crippen molar-refractivity contribution >= 4 is 11.8 Å². The van der Waals surface area contributed by atoms with Crippen molar-refractivity contribution in [1.82, 2.24) is 9.97 Å². The van der Waals surface area contributed by atoms with E-state index >= 15 is 0 Å². The smallest absolute Gasteiger partial charge is 0.379 e. The first-order valence-electron chi connectivity index (χ1n) is 5.94. The van der Waals surface area contributed by atoms with Crippen LogP contribution in [-0.2, 0) is 9.53 Å². The number of esters is 1. The molecule has 0 spiro atoms. The molecule has 110 valence electrons. The molecular formula is C14H12F2N2O3.